The van der Waals surface area contributed by atoms with Gasteiger partial charge in [0.25, 0.3) is 5.56 Å². The zero-order valence-corrected chi connectivity index (χ0v) is 13.0. The molecule has 1 aliphatic rings. The molecule has 0 saturated carbocycles. The second-order valence-corrected chi connectivity index (χ2v) is 5.66. The van der Waals surface area contributed by atoms with Crippen LogP contribution in [-0.2, 0) is 0 Å². The monoisotopic (exact) mass is 359 g/mol. The minimum Gasteiger partial charge on any atom is -0.352 e. The summed E-state index contributed by atoms with van der Waals surface area (Å²) in [4.78, 5) is 24.1. The first-order valence-corrected chi connectivity index (χ1v) is 7.49. The van der Waals surface area contributed by atoms with Gasteiger partial charge in [0.05, 0.1) is 0 Å². The highest BCUT2D eigenvalue weighted by molar-refractivity contribution is 6.32. The van der Waals surface area contributed by atoms with Crippen molar-refractivity contribution in [1.82, 2.24) is 20.3 Å². The molecule has 0 spiro atoms. The number of piperazine rings is 1. The molecule has 24 heavy (non-hydrogen) atoms. The molecule has 1 saturated heterocycles. The summed E-state index contributed by atoms with van der Waals surface area (Å²) in [5.74, 6) is 0.270. The Morgan fingerprint density at radius 1 is 1.29 bits per heavy atom. The Morgan fingerprint density at radius 3 is 2.67 bits per heavy atom. The molecule has 10 heteroatoms. The van der Waals surface area contributed by atoms with Gasteiger partial charge in [-0.3, -0.25) is 9.78 Å². The van der Waals surface area contributed by atoms with Crippen LogP contribution in [0.2, 0.25) is 5.02 Å². The minimum atomic E-state index is -4.39. The summed E-state index contributed by atoms with van der Waals surface area (Å²) in [5, 5.41) is 2.18. The molecule has 1 atom stereocenters. The molecule has 3 heterocycles. The van der Waals surface area contributed by atoms with Gasteiger partial charge >= 0.3 is 6.18 Å². The maximum atomic E-state index is 12.9. The van der Waals surface area contributed by atoms with Crippen LogP contribution in [0.5, 0.6) is 0 Å². The van der Waals surface area contributed by atoms with Crippen LogP contribution in [0.25, 0.3) is 11.4 Å². The quantitative estimate of drug-likeness (QED) is 0.855. The third-order valence-corrected chi connectivity index (χ3v) is 4.01. The van der Waals surface area contributed by atoms with Crippen LogP contribution in [-0.4, -0.2) is 46.8 Å². The maximum absolute atomic E-state index is 12.9. The number of rotatable bonds is 2. The average Bonchev–Trinajstić information content (AvgIpc) is 2.57. The van der Waals surface area contributed by atoms with E-state index in [2.05, 4.69) is 20.3 Å². The topological polar surface area (TPSA) is 73.9 Å². The molecule has 0 aromatic carbocycles. The molecule has 1 fully saturated rings. The molecular weight excluding hydrogens is 347 g/mol. The van der Waals surface area contributed by atoms with Crippen molar-refractivity contribution in [2.75, 3.05) is 24.5 Å². The number of alkyl halides is 3. The van der Waals surface area contributed by atoms with E-state index < -0.39 is 17.8 Å². The zero-order chi connectivity index (χ0) is 17.3. The predicted octanol–water partition coefficient (Wildman–Crippen LogP) is 1.83. The van der Waals surface area contributed by atoms with Crippen molar-refractivity contribution in [3.05, 3.63) is 39.9 Å². The Labute approximate surface area is 139 Å². The Kier molecular flexibility index (Phi) is 4.46. The number of aromatic nitrogens is 3. The summed E-state index contributed by atoms with van der Waals surface area (Å²) in [6.45, 7) is 0.00751. The smallest absolute Gasteiger partial charge is 0.352 e. The van der Waals surface area contributed by atoms with Gasteiger partial charge in [0.2, 0.25) is 0 Å². The van der Waals surface area contributed by atoms with Gasteiger partial charge in [0.1, 0.15) is 16.9 Å². The number of hydrogen-bond acceptors (Lipinski definition) is 5. The number of nitrogens with one attached hydrogen (secondary N) is 2. The van der Waals surface area contributed by atoms with Gasteiger partial charge in [-0.15, -0.1) is 0 Å². The van der Waals surface area contributed by atoms with Gasteiger partial charge in [0.15, 0.2) is 5.82 Å². The van der Waals surface area contributed by atoms with Gasteiger partial charge in [-0.1, -0.05) is 11.6 Å². The summed E-state index contributed by atoms with van der Waals surface area (Å²) < 4.78 is 38.8. The maximum Gasteiger partial charge on any atom is 0.405 e. The third kappa shape index (κ3) is 3.36. The molecule has 2 N–H and O–H groups in total. The van der Waals surface area contributed by atoms with Crippen LogP contribution in [0.1, 0.15) is 0 Å². The van der Waals surface area contributed by atoms with Gasteiger partial charge in [-0.05, 0) is 12.1 Å². The normalized spacial score (nSPS) is 18.7. The van der Waals surface area contributed by atoms with Gasteiger partial charge in [-0.2, -0.15) is 13.2 Å². The lowest BCUT2D eigenvalue weighted by Crippen LogP contribution is -2.57. The first-order chi connectivity index (χ1) is 11.4. The number of hydrogen-bond donors (Lipinski definition) is 2. The number of anilines is 1. The Bertz CT molecular complexity index is 780. The summed E-state index contributed by atoms with van der Waals surface area (Å²) in [7, 11) is 0. The van der Waals surface area contributed by atoms with Crippen LogP contribution in [0, 0.1) is 0 Å². The molecule has 0 radical (unpaired) electrons. The number of pyridine rings is 1. The van der Waals surface area contributed by atoms with Crippen molar-refractivity contribution in [3.63, 3.8) is 0 Å². The van der Waals surface area contributed by atoms with Crippen molar-refractivity contribution < 1.29 is 13.2 Å². The Balaban J connectivity index is 1.98. The molecular formula is C14H13ClF3N5O. The van der Waals surface area contributed by atoms with Crippen LogP contribution in [0.3, 0.4) is 0 Å². The minimum absolute atomic E-state index is 0.0444. The van der Waals surface area contributed by atoms with E-state index >= 15 is 0 Å². The molecule has 6 nitrogen and oxygen atoms in total. The van der Waals surface area contributed by atoms with Crippen LogP contribution in [0.15, 0.2) is 29.3 Å². The number of nitrogens with zero attached hydrogens (tertiary/aromatic N) is 3. The van der Waals surface area contributed by atoms with Crippen molar-refractivity contribution in [1.29, 1.82) is 0 Å². The van der Waals surface area contributed by atoms with E-state index in [1.54, 1.807) is 12.1 Å². The van der Waals surface area contributed by atoms with Gasteiger partial charge < -0.3 is 15.2 Å². The lowest BCUT2D eigenvalue weighted by molar-refractivity contribution is -0.155. The highest BCUT2D eigenvalue weighted by atomic mass is 35.5. The van der Waals surface area contributed by atoms with E-state index in [0.29, 0.717) is 5.56 Å². The molecule has 1 aliphatic heterocycles. The standard InChI is InChI=1S/C14H13ClF3N5O/c15-10-12(23-6-5-20-9(7-23)14(16,17)18)21-11(22-13(10)24)8-1-3-19-4-2-8/h1-4,9,20H,5-7H2,(H,21,22,24). The van der Waals surface area contributed by atoms with Crippen LogP contribution >= 0.6 is 11.6 Å². The average molecular weight is 360 g/mol. The zero-order valence-electron chi connectivity index (χ0n) is 12.3. The lowest BCUT2D eigenvalue weighted by Gasteiger charge is -2.35. The molecule has 0 aliphatic carbocycles. The van der Waals surface area contributed by atoms with Crippen LogP contribution < -0.4 is 15.8 Å². The van der Waals surface area contributed by atoms with E-state index in [0.717, 1.165) is 0 Å². The lowest BCUT2D eigenvalue weighted by atomic mass is 10.2. The van der Waals surface area contributed by atoms with E-state index in [1.807, 2.05) is 0 Å². The number of aromatic amines is 1. The summed E-state index contributed by atoms with van der Waals surface area (Å²) in [6.07, 6.45) is -1.34. The second kappa shape index (κ2) is 6.40. The predicted molar refractivity (Wildman–Crippen MR) is 83.2 cm³/mol. The first-order valence-electron chi connectivity index (χ1n) is 7.11. The van der Waals surface area contributed by atoms with Gasteiger partial charge in [0, 0.05) is 37.6 Å². The molecule has 1 unspecified atom stereocenters. The summed E-state index contributed by atoms with van der Waals surface area (Å²) >= 11 is 5.99. The number of halogens is 4. The second-order valence-electron chi connectivity index (χ2n) is 5.28. The molecule has 0 amide bonds. The van der Waals surface area contributed by atoms with Crippen molar-refractivity contribution >= 4 is 17.4 Å². The van der Waals surface area contributed by atoms with Crippen molar-refractivity contribution in [2.24, 2.45) is 0 Å². The fraction of sp³-hybridized carbons (Fsp3) is 0.357. The van der Waals surface area contributed by atoms with Crippen LogP contribution in [0.4, 0.5) is 19.0 Å². The van der Waals surface area contributed by atoms with E-state index in [-0.39, 0.29) is 36.3 Å². The van der Waals surface area contributed by atoms with Gasteiger partial charge in [-0.25, -0.2) is 4.98 Å². The molecule has 2 aromatic rings. The van der Waals surface area contributed by atoms with Crippen molar-refractivity contribution in [2.45, 2.75) is 12.2 Å². The van der Waals surface area contributed by atoms with E-state index in [4.69, 9.17) is 11.6 Å². The summed E-state index contributed by atoms with van der Waals surface area (Å²) in [6, 6.07) is 1.56. The SMILES string of the molecule is O=c1[nH]c(-c2ccncc2)nc(N2CCNC(C(F)(F)F)C2)c1Cl. The third-order valence-electron chi connectivity index (χ3n) is 3.67. The molecule has 2 aromatic heterocycles. The fourth-order valence-corrected chi connectivity index (χ4v) is 2.67. The first kappa shape index (κ1) is 16.7. The van der Waals surface area contributed by atoms with Crippen molar-refractivity contribution in [3.8, 4) is 11.4 Å². The van der Waals surface area contributed by atoms with E-state index in [9.17, 15) is 18.0 Å². The molecule has 3 rings (SSSR count). The number of H-pyrrole nitrogens is 1. The highest BCUT2D eigenvalue weighted by Gasteiger charge is 2.42. The van der Waals surface area contributed by atoms with E-state index in [1.165, 1.54) is 17.3 Å². The Hall–Kier alpha value is -2.13. The molecule has 128 valence electrons. The molecule has 0 bridgehead atoms. The highest BCUT2D eigenvalue weighted by Crippen LogP contribution is 2.28. The fourth-order valence-electron chi connectivity index (χ4n) is 2.46. The largest absolute Gasteiger partial charge is 0.405 e. The Morgan fingerprint density at radius 2 is 2.00 bits per heavy atom. The summed E-state index contributed by atoms with van der Waals surface area (Å²) in [5.41, 5.74) is -0.0157.